The third-order valence-electron chi connectivity index (χ3n) is 2.79. The second kappa shape index (κ2) is 7.36. The minimum absolute atomic E-state index is 0.976. The third-order valence-corrected chi connectivity index (χ3v) is 7.39. The number of halogens is 2. The van der Waals surface area contributed by atoms with Crippen LogP contribution in [0.25, 0.3) is 0 Å². The highest BCUT2D eigenvalue weighted by Crippen LogP contribution is 2.23. The van der Waals surface area contributed by atoms with Gasteiger partial charge in [0.1, 0.15) is 0 Å². The van der Waals surface area contributed by atoms with E-state index >= 15 is 0 Å². The number of unbranched alkanes of at least 4 members (excludes halogenated alkanes) is 4. The van der Waals surface area contributed by atoms with Crippen molar-refractivity contribution in [2.24, 2.45) is 0 Å². The Morgan fingerprint density at radius 3 is 2.19 bits per heavy atom. The second-order valence-corrected chi connectivity index (χ2v) is 11.2. The average Bonchev–Trinajstić information content (AvgIpc) is 2.30. The summed E-state index contributed by atoms with van der Waals surface area (Å²) in [5.41, 5.74) is 0. The van der Waals surface area contributed by atoms with Crippen LogP contribution in [-0.2, 0) is 0 Å². The van der Waals surface area contributed by atoms with Gasteiger partial charge in [0.25, 0.3) is 6.69 Å². The third kappa shape index (κ3) is 4.90. The zero-order valence-corrected chi connectivity index (χ0v) is 12.4. The summed E-state index contributed by atoms with van der Waals surface area (Å²) in [6, 6.07) is 11.1. The van der Waals surface area contributed by atoms with Gasteiger partial charge in [-0.15, -0.1) is 22.2 Å². The average molecular weight is 275 g/mol. The van der Waals surface area contributed by atoms with E-state index in [1.165, 1.54) is 25.7 Å². The van der Waals surface area contributed by atoms with Crippen LogP contribution in [0.3, 0.4) is 0 Å². The molecule has 1 aromatic rings. The molecule has 1 aromatic carbocycles. The Kier molecular flexibility index (Phi) is 6.48. The smallest absolute Gasteiger partial charge is 0.140 e. The van der Waals surface area contributed by atoms with Gasteiger partial charge in [0.05, 0.1) is 0 Å². The minimum Gasteiger partial charge on any atom is -0.140 e. The summed E-state index contributed by atoms with van der Waals surface area (Å²) in [7, 11) is 0. The van der Waals surface area contributed by atoms with E-state index in [1.807, 2.05) is 18.2 Å². The monoisotopic (exact) mass is 274 g/mol. The molecular formula is C13H20Cl2Si. The molecule has 0 nitrogen and oxygen atoms in total. The summed E-state index contributed by atoms with van der Waals surface area (Å²) in [6.07, 6.45) is 6.33. The molecule has 0 saturated carbocycles. The number of hydrogen-bond acceptors (Lipinski definition) is 0. The van der Waals surface area contributed by atoms with Crippen LogP contribution in [0.1, 0.15) is 39.0 Å². The Balaban J connectivity index is 2.35. The van der Waals surface area contributed by atoms with Crippen molar-refractivity contribution in [3.63, 3.8) is 0 Å². The maximum atomic E-state index is 6.48. The molecule has 0 heterocycles. The molecule has 90 valence electrons. The fourth-order valence-electron chi connectivity index (χ4n) is 1.78. The fraction of sp³-hybridized carbons (Fsp3) is 0.538. The SMILES string of the molecule is CCCCCCC[Si](Cl)(Cl)c1ccccc1. The van der Waals surface area contributed by atoms with Crippen molar-refractivity contribution in [2.45, 2.75) is 45.1 Å². The predicted octanol–water partition coefficient (Wildman–Crippen LogP) is 4.78. The van der Waals surface area contributed by atoms with E-state index in [4.69, 9.17) is 22.2 Å². The summed E-state index contributed by atoms with van der Waals surface area (Å²) in [5.74, 6) is 0. The lowest BCUT2D eigenvalue weighted by Gasteiger charge is -2.16. The van der Waals surface area contributed by atoms with Gasteiger partial charge in [0, 0.05) is 0 Å². The van der Waals surface area contributed by atoms with Crippen LogP contribution in [0.5, 0.6) is 0 Å². The highest BCUT2D eigenvalue weighted by atomic mass is 35.7. The first-order valence-corrected chi connectivity index (χ1v) is 10.3. The van der Waals surface area contributed by atoms with Gasteiger partial charge in [-0.3, -0.25) is 0 Å². The van der Waals surface area contributed by atoms with Crippen LogP contribution in [0.15, 0.2) is 30.3 Å². The van der Waals surface area contributed by atoms with Gasteiger partial charge in [0.15, 0.2) is 0 Å². The van der Waals surface area contributed by atoms with Crippen LogP contribution in [-0.4, -0.2) is 6.69 Å². The molecule has 0 bridgehead atoms. The Hall–Kier alpha value is 0.0169. The van der Waals surface area contributed by atoms with Gasteiger partial charge >= 0.3 is 0 Å². The van der Waals surface area contributed by atoms with Crippen molar-refractivity contribution in [1.29, 1.82) is 0 Å². The van der Waals surface area contributed by atoms with Crippen LogP contribution in [0, 0.1) is 0 Å². The van der Waals surface area contributed by atoms with E-state index in [-0.39, 0.29) is 0 Å². The molecule has 0 spiro atoms. The second-order valence-electron chi connectivity index (χ2n) is 4.23. The van der Waals surface area contributed by atoms with Gasteiger partial charge in [-0.1, -0.05) is 69.4 Å². The summed E-state index contributed by atoms with van der Waals surface area (Å²) >= 11 is 13.0. The molecule has 0 aromatic heterocycles. The number of hydrogen-bond donors (Lipinski definition) is 0. The molecule has 0 unspecified atom stereocenters. The van der Waals surface area contributed by atoms with Crippen molar-refractivity contribution in [3.8, 4) is 0 Å². The molecule has 0 amide bonds. The summed E-state index contributed by atoms with van der Waals surface area (Å²) < 4.78 is 0. The molecule has 0 saturated heterocycles. The Morgan fingerprint density at radius 1 is 0.938 bits per heavy atom. The van der Waals surface area contributed by atoms with Crippen LogP contribution < -0.4 is 5.19 Å². The molecule has 0 N–H and O–H groups in total. The first-order chi connectivity index (χ1) is 7.67. The van der Waals surface area contributed by atoms with E-state index in [0.717, 1.165) is 17.7 Å². The molecule has 0 aliphatic heterocycles. The highest BCUT2D eigenvalue weighted by molar-refractivity contribution is 7.50. The van der Waals surface area contributed by atoms with E-state index in [9.17, 15) is 0 Å². The maximum Gasteiger partial charge on any atom is 0.280 e. The summed E-state index contributed by atoms with van der Waals surface area (Å²) in [5, 5.41) is 1.15. The van der Waals surface area contributed by atoms with Crippen molar-refractivity contribution in [3.05, 3.63) is 30.3 Å². The van der Waals surface area contributed by atoms with Gasteiger partial charge in [-0.05, 0) is 11.2 Å². The minimum atomic E-state index is -2.20. The lowest BCUT2D eigenvalue weighted by Crippen LogP contribution is -2.35. The largest absolute Gasteiger partial charge is 0.280 e. The molecular weight excluding hydrogens is 255 g/mol. The molecule has 0 aliphatic rings. The van der Waals surface area contributed by atoms with Crippen LogP contribution in [0.4, 0.5) is 0 Å². The number of rotatable bonds is 7. The predicted molar refractivity (Wildman–Crippen MR) is 77.1 cm³/mol. The molecule has 1 rings (SSSR count). The molecule has 16 heavy (non-hydrogen) atoms. The van der Waals surface area contributed by atoms with Gasteiger partial charge < -0.3 is 0 Å². The summed E-state index contributed by atoms with van der Waals surface area (Å²) in [4.78, 5) is 0. The fourth-order valence-corrected chi connectivity index (χ4v) is 5.00. The molecule has 0 atom stereocenters. The Labute approximate surface area is 109 Å². The first kappa shape index (κ1) is 14.1. The van der Waals surface area contributed by atoms with Gasteiger partial charge in [0.2, 0.25) is 0 Å². The molecule has 3 heteroatoms. The van der Waals surface area contributed by atoms with Crippen molar-refractivity contribution in [1.82, 2.24) is 0 Å². The Bertz CT molecular complexity index is 285. The lowest BCUT2D eigenvalue weighted by molar-refractivity contribution is 0.655. The van der Waals surface area contributed by atoms with E-state index in [0.29, 0.717) is 0 Å². The van der Waals surface area contributed by atoms with E-state index < -0.39 is 6.69 Å². The van der Waals surface area contributed by atoms with Crippen LogP contribution >= 0.6 is 22.2 Å². The topological polar surface area (TPSA) is 0 Å². The zero-order chi connectivity index (χ0) is 11.9. The van der Waals surface area contributed by atoms with E-state index in [1.54, 1.807) is 0 Å². The molecule has 0 aliphatic carbocycles. The summed E-state index contributed by atoms with van der Waals surface area (Å²) in [6.45, 7) is 0.0331. The van der Waals surface area contributed by atoms with Gasteiger partial charge in [-0.25, -0.2) is 0 Å². The molecule has 0 fully saturated rings. The normalized spacial score (nSPS) is 11.7. The zero-order valence-electron chi connectivity index (χ0n) is 9.89. The molecule has 0 radical (unpaired) electrons. The number of benzene rings is 1. The maximum absolute atomic E-state index is 6.48. The van der Waals surface area contributed by atoms with Crippen molar-refractivity contribution >= 4 is 34.0 Å². The first-order valence-electron chi connectivity index (χ1n) is 6.10. The Morgan fingerprint density at radius 2 is 1.56 bits per heavy atom. The highest BCUT2D eigenvalue weighted by Gasteiger charge is 2.29. The van der Waals surface area contributed by atoms with Crippen molar-refractivity contribution in [2.75, 3.05) is 0 Å². The van der Waals surface area contributed by atoms with E-state index in [2.05, 4.69) is 19.1 Å². The standard InChI is InChI=1S/C13H20Cl2Si/c1-2-3-4-5-9-12-16(14,15)13-10-7-6-8-11-13/h6-8,10-11H,2-5,9,12H2,1H3. The van der Waals surface area contributed by atoms with Gasteiger partial charge in [-0.2, -0.15) is 0 Å². The lowest BCUT2D eigenvalue weighted by atomic mass is 10.2. The quantitative estimate of drug-likeness (QED) is 0.381. The van der Waals surface area contributed by atoms with Crippen molar-refractivity contribution < 1.29 is 0 Å². The van der Waals surface area contributed by atoms with Crippen LogP contribution in [0.2, 0.25) is 6.04 Å².